The van der Waals surface area contributed by atoms with Crippen LogP contribution in [0, 0.1) is 5.82 Å². The molecule has 3 aliphatic heterocycles. The monoisotopic (exact) mass is 889 g/mol. The van der Waals surface area contributed by atoms with Crippen LogP contribution in [-0.2, 0) is 48.9 Å². The third-order valence-corrected chi connectivity index (χ3v) is 13.2. The van der Waals surface area contributed by atoms with Crippen molar-refractivity contribution in [2.24, 2.45) is 0 Å². The highest BCUT2D eigenvalue weighted by Crippen LogP contribution is 2.48. The van der Waals surface area contributed by atoms with Crippen molar-refractivity contribution in [1.82, 2.24) is 24.9 Å². The SMILES string of the molecule is CN(CCCC(=O)N1CCCNCCC1)C(=O)CO[C@H]1Cc2ccccc2C12CCN(CC[C@@]1(c3ccc(F)cc3)CN(C(=O)c3cc(C(F)(F)F)cc(C(F)(F)F)c3)CO1)CC2. The Labute approximate surface area is 362 Å². The summed E-state index contributed by atoms with van der Waals surface area (Å²) in [7, 11) is 1.73. The minimum Gasteiger partial charge on any atom is -0.367 e. The van der Waals surface area contributed by atoms with Crippen molar-refractivity contribution in [2.75, 3.05) is 79.3 Å². The van der Waals surface area contributed by atoms with Gasteiger partial charge < -0.3 is 34.4 Å². The van der Waals surface area contributed by atoms with E-state index in [-0.39, 0.29) is 49.0 Å². The Hall–Kier alpha value is -4.58. The topological polar surface area (TPSA) is 94.7 Å². The number of likely N-dealkylation sites (N-methyl/N-ethyl adjacent to an activating group) is 1. The van der Waals surface area contributed by atoms with Gasteiger partial charge in [-0.15, -0.1) is 0 Å². The summed E-state index contributed by atoms with van der Waals surface area (Å²) in [4.78, 5) is 46.7. The summed E-state index contributed by atoms with van der Waals surface area (Å²) in [6.45, 7) is 4.73. The van der Waals surface area contributed by atoms with Crippen molar-refractivity contribution in [3.8, 4) is 0 Å². The zero-order valence-corrected chi connectivity index (χ0v) is 35.3. The van der Waals surface area contributed by atoms with E-state index in [1.54, 1.807) is 11.9 Å². The Morgan fingerprint density at radius 1 is 0.873 bits per heavy atom. The number of carbonyl (C=O) groups is 3. The lowest BCUT2D eigenvalue weighted by Crippen LogP contribution is -2.50. The van der Waals surface area contributed by atoms with Crippen molar-refractivity contribution >= 4 is 17.7 Å². The fourth-order valence-corrected chi connectivity index (χ4v) is 9.60. The maximum Gasteiger partial charge on any atom is 0.416 e. The van der Waals surface area contributed by atoms with Crippen LogP contribution >= 0.6 is 0 Å². The molecule has 3 fully saturated rings. The van der Waals surface area contributed by atoms with Crippen LogP contribution < -0.4 is 5.32 Å². The fraction of sp³-hybridized carbons (Fsp3) is 0.543. The molecule has 3 aromatic carbocycles. The number of nitrogens with zero attached hydrogens (tertiary/aromatic N) is 4. The zero-order chi connectivity index (χ0) is 45.0. The second-order valence-corrected chi connectivity index (χ2v) is 17.2. The predicted molar refractivity (Wildman–Crippen MR) is 219 cm³/mol. The lowest BCUT2D eigenvalue weighted by molar-refractivity contribution is -0.143. The van der Waals surface area contributed by atoms with Gasteiger partial charge in [-0.1, -0.05) is 36.4 Å². The number of amides is 3. The van der Waals surface area contributed by atoms with E-state index in [2.05, 4.69) is 22.3 Å². The molecule has 1 N–H and O–H groups in total. The highest BCUT2D eigenvalue weighted by molar-refractivity contribution is 5.95. The number of carbonyl (C=O) groups excluding carboxylic acids is 3. The van der Waals surface area contributed by atoms with Gasteiger partial charge in [0.2, 0.25) is 11.8 Å². The van der Waals surface area contributed by atoms with Crippen LogP contribution in [0.5, 0.6) is 0 Å². The third-order valence-electron chi connectivity index (χ3n) is 13.2. The lowest BCUT2D eigenvalue weighted by Gasteiger charge is -2.44. The third kappa shape index (κ3) is 10.7. The molecule has 17 heteroatoms. The summed E-state index contributed by atoms with van der Waals surface area (Å²) >= 11 is 0. The van der Waals surface area contributed by atoms with Gasteiger partial charge in [-0.25, -0.2) is 4.39 Å². The fourth-order valence-electron chi connectivity index (χ4n) is 9.60. The van der Waals surface area contributed by atoms with Gasteiger partial charge in [-0.2, -0.15) is 26.3 Å². The first-order chi connectivity index (χ1) is 30.0. The summed E-state index contributed by atoms with van der Waals surface area (Å²) in [6.07, 6.45) is -5.39. The van der Waals surface area contributed by atoms with Crippen molar-refractivity contribution in [3.05, 3.63) is 106 Å². The van der Waals surface area contributed by atoms with Crippen LogP contribution in [0.1, 0.15) is 83.1 Å². The van der Waals surface area contributed by atoms with Crippen molar-refractivity contribution in [2.45, 2.75) is 80.8 Å². The number of rotatable bonds is 12. The Morgan fingerprint density at radius 2 is 1.52 bits per heavy atom. The van der Waals surface area contributed by atoms with E-state index in [1.165, 1.54) is 29.8 Å². The summed E-state index contributed by atoms with van der Waals surface area (Å²) < 4.78 is 109. The van der Waals surface area contributed by atoms with Gasteiger partial charge >= 0.3 is 12.4 Å². The summed E-state index contributed by atoms with van der Waals surface area (Å²) in [5.41, 5.74) is -2.70. The van der Waals surface area contributed by atoms with E-state index < -0.39 is 53.1 Å². The van der Waals surface area contributed by atoms with Gasteiger partial charge in [0.1, 0.15) is 24.8 Å². The molecule has 4 aliphatic rings. The molecular formula is C46H54F7N5O5. The smallest absolute Gasteiger partial charge is 0.367 e. The summed E-state index contributed by atoms with van der Waals surface area (Å²) in [5, 5.41) is 3.35. The number of benzene rings is 3. The van der Waals surface area contributed by atoms with Gasteiger partial charge in [-0.05, 0) is 118 Å². The van der Waals surface area contributed by atoms with Crippen molar-refractivity contribution in [3.63, 3.8) is 0 Å². The molecule has 1 spiro atoms. The number of nitrogens with one attached hydrogen (secondary N) is 1. The van der Waals surface area contributed by atoms with Crippen LogP contribution in [0.15, 0.2) is 66.7 Å². The molecule has 10 nitrogen and oxygen atoms in total. The largest absolute Gasteiger partial charge is 0.416 e. The minimum absolute atomic E-state index is 0.0240. The highest BCUT2D eigenvalue weighted by Gasteiger charge is 2.50. The molecular weight excluding hydrogens is 836 g/mol. The van der Waals surface area contributed by atoms with E-state index in [0.29, 0.717) is 76.0 Å². The van der Waals surface area contributed by atoms with Gasteiger partial charge in [0.05, 0.1) is 23.8 Å². The van der Waals surface area contributed by atoms with Crippen molar-refractivity contribution < 1.29 is 54.6 Å². The van der Waals surface area contributed by atoms with Gasteiger partial charge in [-0.3, -0.25) is 14.4 Å². The van der Waals surface area contributed by atoms with Gasteiger partial charge in [0.25, 0.3) is 5.91 Å². The Balaban J connectivity index is 0.982. The second kappa shape index (κ2) is 19.3. The van der Waals surface area contributed by atoms with E-state index in [4.69, 9.17) is 9.47 Å². The number of likely N-dealkylation sites (tertiary alicyclic amines) is 1. The molecule has 342 valence electrons. The van der Waals surface area contributed by atoms with Crippen molar-refractivity contribution in [1.29, 1.82) is 0 Å². The predicted octanol–water partition coefficient (Wildman–Crippen LogP) is 7.00. The molecule has 63 heavy (non-hydrogen) atoms. The first-order valence-corrected chi connectivity index (χ1v) is 21.6. The maximum absolute atomic E-state index is 14.1. The van der Waals surface area contributed by atoms with E-state index in [9.17, 15) is 45.1 Å². The van der Waals surface area contributed by atoms with Crippen LogP contribution in [0.2, 0.25) is 0 Å². The first kappa shape index (κ1) is 46.4. The van der Waals surface area contributed by atoms with Crippen LogP contribution in [0.3, 0.4) is 0 Å². The molecule has 0 bridgehead atoms. The molecule has 7 rings (SSSR count). The van der Waals surface area contributed by atoms with Crippen LogP contribution in [-0.4, -0.2) is 123 Å². The molecule has 3 aromatic rings. The van der Waals surface area contributed by atoms with Crippen LogP contribution in [0.25, 0.3) is 0 Å². The quantitative estimate of drug-likeness (QED) is 0.196. The number of piperidine rings is 1. The van der Waals surface area contributed by atoms with Gasteiger partial charge in [0.15, 0.2) is 0 Å². The maximum atomic E-state index is 14.1. The number of fused-ring (bicyclic) bond motifs is 2. The average Bonchev–Trinajstić information content (AvgIpc) is 3.81. The number of hydrogen-bond donors (Lipinski definition) is 1. The van der Waals surface area contributed by atoms with Gasteiger partial charge in [0, 0.05) is 50.6 Å². The van der Waals surface area contributed by atoms with Crippen LogP contribution in [0.4, 0.5) is 30.7 Å². The minimum atomic E-state index is -5.13. The standard InChI is InChI=1S/C46H54F7N5O5/c1-55(19-4-9-40(59)57-20-5-17-54-18-6-21-57)41(60)29-62-39-27-32-7-2-3-8-38(32)43(39)14-22-56(23-15-43)24-16-44(34-10-12-37(47)13-11-34)30-58(31-63-44)42(61)33-25-35(45(48,49)50)28-36(26-33)46(51,52)53/h2-3,7-8,10-13,25-26,28,39,54H,4-6,9,14-24,27,29-31H2,1H3/t39-,44-/m0/s1. The molecule has 3 saturated heterocycles. The Morgan fingerprint density at radius 3 is 2.17 bits per heavy atom. The summed E-state index contributed by atoms with van der Waals surface area (Å²) in [5.74, 6) is -1.62. The molecule has 0 radical (unpaired) electrons. The lowest BCUT2D eigenvalue weighted by atomic mass is 9.72. The number of hydrogen-bond acceptors (Lipinski definition) is 7. The number of halogens is 7. The first-order valence-electron chi connectivity index (χ1n) is 21.6. The Bertz CT molecular complexity index is 2050. The van der Waals surface area contributed by atoms with E-state index in [0.717, 1.165) is 49.5 Å². The molecule has 2 atom stereocenters. The molecule has 3 heterocycles. The molecule has 3 amide bonds. The second-order valence-electron chi connectivity index (χ2n) is 17.2. The molecule has 0 aromatic heterocycles. The zero-order valence-electron chi connectivity index (χ0n) is 35.3. The number of alkyl halides is 6. The molecule has 0 unspecified atom stereocenters. The highest BCUT2D eigenvalue weighted by atomic mass is 19.4. The number of ether oxygens (including phenoxy) is 2. The summed E-state index contributed by atoms with van der Waals surface area (Å²) in [6, 6.07) is 14.5. The normalized spacial score (nSPS) is 21.9. The van der Waals surface area contributed by atoms with E-state index >= 15 is 0 Å². The Kier molecular flexibility index (Phi) is 14.2. The molecule has 0 saturated carbocycles. The average molecular weight is 890 g/mol. The van der Waals surface area contributed by atoms with E-state index in [1.807, 2.05) is 17.0 Å². The molecule has 1 aliphatic carbocycles.